The summed E-state index contributed by atoms with van der Waals surface area (Å²) in [5, 5.41) is 21.5. The third-order valence-electron chi connectivity index (χ3n) is 3.57. The molecule has 1 atom stereocenters. The molecule has 1 aromatic carbocycles. The highest BCUT2D eigenvalue weighted by molar-refractivity contribution is 5.86. The standard InChI is InChI=1S/C15H18N2O2/c16-10-14(11-4-2-1-3-5-11)15(19)17-12-6-8-13(18)9-7-12/h1-5,12-14,18H,6-9H2,(H,17,19). The third kappa shape index (κ3) is 3.55. The Morgan fingerprint density at radius 1 is 1.26 bits per heavy atom. The fourth-order valence-electron chi connectivity index (χ4n) is 2.43. The number of carbonyl (C=O) groups is 1. The Hall–Kier alpha value is -1.86. The Balaban J connectivity index is 1.97. The van der Waals surface area contributed by atoms with Crippen LogP contribution in [-0.4, -0.2) is 23.2 Å². The van der Waals surface area contributed by atoms with E-state index in [0.717, 1.165) is 18.4 Å². The number of hydrogen-bond acceptors (Lipinski definition) is 3. The first-order chi connectivity index (χ1) is 9.20. The van der Waals surface area contributed by atoms with Crippen LogP contribution >= 0.6 is 0 Å². The summed E-state index contributed by atoms with van der Waals surface area (Å²) >= 11 is 0. The molecule has 0 saturated heterocycles. The monoisotopic (exact) mass is 258 g/mol. The smallest absolute Gasteiger partial charge is 0.242 e. The number of amides is 1. The summed E-state index contributed by atoms with van der Waals surface area (Å²) in [6, 6.07) is 11.2. The average Bonchev–Trinajstić information content (AvgIpc) is 2.43. The van der Waals surface area contributed by atoms with Gasteiger partial charge < -0.3 is 10.4 Å². The summed E-state index contributed by atoms with van der Waals surface area (Å²) in [6.07, 6.45) is 2.75. The molecule has 1 saturated carbocycles. The quantitative estimate of drug-likeness (QED) is 0.867. The molecule has 19 heavy (non-hydrogen) atoms. The second-order valence-electron chi connectivity index (χ2n) is 4.99. The van der Waals surface area contributed by atoms with E-state index in [4.69, 9.17) is 0 Å². The van der Waals surface area contributed by atoms with E-state index in [1.165, 1.54) is 0 Å². The summed E-state index contributed by atoms with van der Waals surface area (Å²) < 4.78 is 0. The van der Waals surface area contributed by atoms with Gasteiger partial charge in [-0.3, -0.25) is 4.79 Å². The van der Waals surface area contributed by atoms with Gasteiger partial charge in [-0.15, -0.1) is 0 Å². The van der Waals surface area contributed by atoms with Crippen molar-refractivity contribution in [2.24, 2.45) is 0 Å². The van der Waals surface area contributed by atoms with Crippen molar-refractivity contribution in [3.8, 4) is 6.07 Å². The van der Waals surface area contributed by atoms with Crippen LogP contribution in [0.15, 0.2) is 30.3 Å². The maximum Gasteiger partial charge on any atom is 0.242 e. The number of nitrogens with one attached hydrogen (secondary N) is 1. The summed E-state index contributed by atoms with van der Waals surface area (Å²) in [6.45, 7) is 0. The van der Waals surface area contributed by atoms with Gasteiger partial charge in [0.2, 0.25) is 5.91 Å². The summed E-state index contributed by atoms with van der Waals surface area (Å²) in [4.78, 5) is 12.1. The van der Waals surface area contributed by atoms with Crippen LogP contribution in [0.2, 0.25) is 0 Å². The summed E-state index contributed by atoms with van der Waals surface area (Å²) in [7, 11) is 0. The first-order valence-electron chi connectivity index (χ1n) is 6.63. The van der Waals surface area contributed by atoms with E-state index in [0.29, 0.717) is 12.8 Å². The molecule has 1 aliphatic carbocycles. The van der Waals surface area contributed by atoms with Crippen LogP contribution in [0.4, 0.5) is 0 Å². The van der Waals surface area contributed by atoms with Gasteiger partial charge >= 0.3 is 0 Å². The van der Waals surface area contributed by atoms with Crippen LogP contribution in [0.1, 0.15) is 37.2 Å². The van der Waals surface area contributed by atoms with E-state index < -0.39 is 5.92 Å². The number of carbonyl (C=O) groups excluding carboxylic acids is 1. The molecule has 4 heteroatoms. The van der Waals surface area contributed by atoms with Gasteiger partial charge in [0.05, 0.1) is 12.2 Å². The van der Waals surface area contributed by atoms with Crippen molar-refractivity contribution in [1.82, 2.24) is 5.32 Å². The van der Waals surface area contributed by atoms with Gasteiger partial charge in [0, 0.05) is 6.04 Å². The SMILES string of the molecule is N#CC(C(=O)NC1CCC(O)CC1)c1ccccc1. The van der Waals surface area contributed by atoms with Gasteiger partial charge in [-0.1, -0.05) is 30.3 Å². The van der Waals surface area contributed by atoms with E-state index in [9.17, 15) is 15.2 Å². The van der Waals surface area contributed by atoms with Crippen LogP contribution in [0.25, 0.3) is 0 Å². The molecule has 0 spiro atoms. The first kappa shape index (κ1) is 13.6. The third-order valence-corrected chi connectivity index (χ3v) is 3.57. The van der Waals surface area contributed by atoms with Crippen LogP contribution in [0, 0.1) is 11.3 Å². The minimum absolute atomic E-state index is 0.0791. The normalized spacial score (nSPS) is 24.2. The van der Waals surface area contributed by atoms with E-state index >= 15 is 0 Å². The zero-order valence-corrected chi connectivity index (χ0v) is 10.7. The molecule has 4 nitrogen and oxygen atoms in total. The van der Waals surface area contributed by atoms with Gasteiger partial charge in [0.15, 0.2) is 0 Å². The highest BCUT2D eigenvalue weighted by Gasteiger charge is 2.25. The molecule has 0 heterocycles. The lowest BCUT2D eigenvalue weighted by atomic mass is 9.92. The minimum atomic E-state index is -0.756. The van der Waals surface area contributed by atoms with Crippen molar-refractivity contribution in [3.05, 3.63) is 35.9 Å². The van der Waals surface area contributed by atoms with Crippen LogP contribution in [-0.2, 0) is 4.79 Å². The van der Waals surface area contributed by atoms with Crippen molar-refractivity contribution in [3.63, 3.8) is 0 Å². The zero-order valence-electron chi connectivity index (χ0n) is 10.7. The molecule has 1 amide bonds. The predicted octanol–water partition coefficient (Wildman–Crippen LogP) is 1.71. The van der Waals surface area contributed by atoms with Crippen LogP contribution in [0.3, 0.4) is 0 Å². The highest BCUT2D eigenvalue weighted by Crippen LogP contribution is 2.20. The fraction of sp³-hybridized carbons (Fsp3) is 0.467. The molecule has 0 aliphatic heterocycles. The largest absolute Gasteiger partial charge is 0.393 e. The number of aliphatic hydroxyl groups excluding tert-OH is 1. The molecule has 0 radical (unpaired) electrons. The topological polar surface area (TPSA) is 73.1 Å². The Bertz CT molecular complexity index is 459. The number of nitrogens with zero attached hydrogens (tertiary/aromatic N) is 1. The molecule has 1 aliphatic rings. The number of benzene rings is 1. The van der Waals surface area contributed by atoms with Gasteiger partial charge in [-0.2, -0.15) is 5.26 Å². The van der Waals surface area contributed by atoms with Crippen molar-refractivity contribution < 1.29 is 9.90 Å². The predicted molar refractivity (Wildman–Crippen MR) is 71.2 cm³/mol. The molecule has 1 fully saturated rings. The van der Waals surface area contributed by atoms with Crippen molar-refractivity contribution in [1.29, 1.82) is 5.26 Å². The maximum absolute atomic E-state index is 12.1. The van der Waals surface area contributed by atoms with Crippen molar-refractivity contribution in [2.75, 3.05) is 0 Å². The van der Waals surface area contributed by atoms with Crippen molar-refractivity contribution >= 4 is 5.91 Å². The highest BCUT2D eigenvalue weighted by atomic mass is 16.3. The Morgan fingerprint density at radius 2 is 1.89 bits per heavy atom. The van der Waals surface area contributed by atoms with Gasteiger partial charge in [-0.25, -0.2) is 0 Å². The van der Waals surface area contributed by atoms with E-state index in [1.54, 1.807) is 12.1 Å². The second-order valence-corrected chi connectivity index (χ2v) is 4.99. The summed E-state index contributed by atoms with van der Waals surface area (Å²) in [5.74, 6) is -0.997. The minimum Gasteiger partial charge on any atom is -0.393 e. The number of rotatable bonds is 3. The first-order valence-corrected chi connectivity index (χ1v) is 6.63. The molecule has 1 unspecified atom stereocenters. The lowest BCUT2D eigenvalue weighted by Gasteiger charge is -2.26. The van der Waals surface area contributed by atoms with Crippen molar-refractivity contribution in [2.45, 2.75) is 43.7 Å². The van der Waals surface area contributed by atoms with E-state index in [2.05, 4.69) is 11.4 Å². The van der Waals surface area contributed by atoms with E-state index in [-0.39, 0.29) is 18.1 Å². The number of nitriles is 1. The van der Waals surface area contributed by atoms with Crippen LogP contribution in [0.5, 0.6) is 0 Å². The molecule has 2 rings (SSSR count). The number of hydrogen-bond donors (Lipinski definition) is 2. The zero-order chi connectivity index (χ0) is 13.7. The Morgan fingerprint density at radius 3 is 2.47 bits per heavy atom. The van der Waals surface area contributed by atoms with Gasteiger partial charge in [0.25, 0.3) is 0 Å². The lowest BCUT2D eigenvalue weighted by molar-refractivity contribution is -0.122. The van der Waals surface area contributed by atoms with Crippen LogP contribution < -0.4 is 5.32 Å². The molecule has 2 N–H and O–H groups in total. The Labute approximate surface area is 113 Å². The van der Waals surface area contributed by atoms with Gasteiger partial charge in [-0.05, 0) is 31.2 Å². The van der Waals surface area contributed by atoms with E-state index in [1.807, 2.05) is 18.2 Å². The maximum atomic E-state index is 12.1. The lowest BCUT2D eigenvalue weighted by Crippen LogP contribution is -2.40. The molecule has 1 aromatic rings. The van der Waals surface area contributed by atoms with Gasteiger partial charge in [0.1, 0.15) is 5.92 Å². The Kier molecular flexibility index (Phi) is 4.53. The molecular weight excluding hydrogens is 240 g/mol. The molecular formula is C15H18N2O2. The summed E-state index contributed by atoms with van der Waals surface area (Å²) in [5.41, 5.74) is 0.721. The molecule has 100 valence electrons. The second kappa shape index (κ2) is 6.35. The number of aliphatic hydroxyl groups is 1. The molecule has 0 aromatic heterocycles. The fourth-order valence-corrected chi connectivity index (χ4v) is 2.43. The average molecular weight is 258 g/mol. The molecule has 0 bridgehead atoms.